The van der Waals surface area contributed by atoms with E-state index in [2.05, 4.69) is 5.10 Å². The maximum atomic E-state index is 14.0. The van der Waals surface area contributed by atoms with Gasteiger partial charge in [-0.25, -0.2) is 18.3 Å². The fourth-order valence-corrected chi connectivity index (χ4v) is 2.60. The lowest BCUT2D eigenvalue weighted by Crippen LogP contribution is -2.18. The van der Waals surface area contributed by atoms with Gasteiger partial charge in [0.25, 0.3) is 0 Å². The second kappa shape index (κ2) is 6.27. The fraction of sp³-hybridized carbons (Fsp3) is 0.353. The molecule has 1 aromatic heterocycles. The Morgan fingerprint density at radius 2 is 1.96 bits per heavy atom. The van der Waals surface area contributed by atoms with E-state index in [-0.39, 0.29) is 23.0 Å². The van der Waals surface area contributed by atoms with Gasteiger partial charge in [-0.1, -0.05) is 6.07 Å². The van der Waals surface area contributed by atoms with Crippen LogP contribution in [0.5, 0.6) is 0 Å². The van der Waals surface area contributed by atoms with Gasteiger partial charge in [0.2, 0.25) is 5.78 Å². The smallest absolute Gasteiger partial charge is 0.344 e. The van der Waals surface area contributed by atoms with Crippen LogP contribution in [0.1, 0.15) is 50.9 Å². The van der Waals surface area contributed by atoms with Gasteiger partial charge in [-0.15, -0.1) is 0 Å². The fourth-order valence-electron chi connectivity index (χ4n) is 2.60. The van der Waals surface area contributed by atoms with E-state index < -0.39 is 35.6 Å². The number of aromatic nitrogens is 2. The lowest BCUT2D eigenvalue weighted by molar-refractivity contribution is 0.0472. The van der Waals surface area contributed by atoms with Gasteiger partial charge >= 0.3 is 5.97 Å². The summed E-state index contributed by atoms with van der Waals surface area (Å²) in [5.74, 6) is -3.59. The molecule has 0 saturated heterocycles. The predicted octanol–water partition coefficient (Wildman–Crippen LogP) is 2.73. The van der Waals surface area contributed by atoms with Crippen LogP contribution in [0.25, 0.3) is 0 Å². The lowest BCUT2D eigenvalue weighted by atomic mass is 10.1. The molecule has 0 atom stereocenters. The van der Waals surface area contributed by atoms with E-state index in [0.29, 0.717) is 5.69 Å². The van der Waals surface area contributed by atoms with Crippen LogP contribution in [-0.2, 0) is 4.74 Å². The summed E-state index contributed by atoms with van der Waals surface area (Å²) >= 11 is 0. The molecule has 2 N–H and O–H groups in total. The van der Waals surface area contributed by atoms with Crippen LogP contribution >= 0.6 is 0 Å². The zero-order chi connectivity index (χ0) is 18.3. The number of nitrogens with zero attached hydrogens (tertiary/aromatic N) is 2. The van der Waals surface area contributed by atoms with Crippen LogP contribution in [0.4, 0.5) is 14.6 Å². The molecule has 25 heavy (non-hydrogen) atoms. The third-order valence-corrected chi connectivity index (χ3v) is 4.12. The van der Waals surface area contributed by atoms with Gasteiger partial charge in [0, 0.05) is 0 Å². The number of esters is 1. The number of nitrogens with two attached hydrogens (primary N) is 1. The summed E-state index contributed by atoms with van der Waals surface area (Å²) in [7, 11) is 0. The van der Waals surface area contributed by atoms with E-state index >= 15 is 0 Å². The Morgan fingerprint density at radius 3 is 2.60 bits per heavy atom. The van der Waals surface area contributed by atoms with E-state index in [0.717, 1.165) is 18.9 Å². The molecule has 1 aliphatic rings. The second-order valence-electron chi connectivity index (χ2n) is 6.07. The Morgan fingerprint density at radius 1 is 1.28 bits per heavy atom. The summed E-state index contributed by atoms with van der Waals surface area (Å²) in [5, 5.41) is 4.20. The maximum Gasteiger partial charge on any atom is 0.344 e. The molecule has 0 spiro atoms. The number of carbonyl (C=O) groups excluding carboxylic acids is 2. The second-order valence-corrected chi connectivity index (χ2v) is 6.07. The van der Waals surface area contributed by atoms with Crippen molar-refractivity contribution in [3.05, 3.63) is 46.2 Å². The van der Waals surface area contributed by atoms with Crippen molar-refractivity contribution in [2.75, 3.05) is 12.3 Å². The first-order valence-electron chi connectivity index (χ1n) is 7.80. The minimum atomic E-state index is -0.999. The monoisotopic (exact) mass is 349 g/mol. The van der Waals surface area contributed by atoms with Crippen molar-refractivity contribution >= 4 is 17.6 Å². The van der Waals surface area contributed by atoms with Gasteiger partial charge in [0.15, 0.2) is 6.61 Å². The number of Topliss-reactive ketones (excluding diaryl/α,β-unsaturated/α-hetero) is 1. The van der Waals surface area contributed by atoms with Crippen molar-refractivity contribution in [1.29, 1.82) is 0 Å². The van der Waals surface area contributed by atoms with Crippen LogP contribution < -0.4 is 5.73 Å². The standard InChI is InChI=1S/C17H17F2N3O3/c1-8-3-6-11(18)14(15(8)19)12(23)7-25-17(24)13-9(2)21-22(16(13)20)10-4-5-10/h3,6,10H,4-5,7,20H2,1-2H3. The Balaban J connectivity index is 1.75. The van der Waals surface area contributed by atoms with Crippen LogP contribution in [0.15, 0.2) is 12.1 Å². The van der Waals surface area contributed by atoms with Crippen LogP contribution in [0, 0.1) is 25.5 Å². The average molecular weight is 349 g/mol. The first-order valence-corrected chi connectivity index (χ1v) is 7.80. The van der Waals surface area contributed by atoms with Crippen molar-refractivity contribution in [1.82, 2.24) is 9.78 Å². The first kappa shape index (κ1) is 17.1. The van der Waals surface area contributed by atoms with E-state index in [9.17, 15) is 18.4 Å². The number of hydrogen-bond acceptors (Lipinski definition) is 5. The highest BCUT2D eigenvalue weighted by Crippen LogP contribution is 2.37. The summed E-state index contributed by atoms with van der Waals surface area (Å²) in [6.45, 7) is 2.23. The Kier molecular flexibility index (Phi) is 4.28. The van der Waals surface area contributed by atoms with E-state index in [1.165, 1.54) is 13.0 Å². The molecule has 3 rings (SSSR count). The summed E-state index contributed by atoms with van der Waals surface area (Å²) in [6.07, 6.45) is 1.87. The van der Waals surface area contributed by atoms with Gasteiger partial charge in [-0.2, -0.15) is 5.10 Å². The molecule has 2 aromatic rings. The quantitative estimate of drug-likeness (QED) is 0.662. The molecular formula is C17H17F2N3O3. The SMILES string of the molecule is Cc1ccc(F)c(C(=O)COC(=O)c2c(C)nn(C3CC3)c2N)c1F. The van der Waals surface area contributed by atoms with Gasteiger partial charge < -0.3 is 10.5 Å². The number of benzene rings is 1. The van der Waals surface area contributed by atoms with E-state index in [1.54, 1.807) is 11.6 Å². The van der Waals surface area contributed by atoms with Gasteiger partial charge in [0.1, 0.15) is 23.0 Å². The minimum Gasteiger partial charge on any atom is -0.454 e. The zero-order valence-corrected chi connectivity index (χ0v) is 13.8. The number of carbonyl (C=O) groups is 2. The van der Waals surface area contributed by atoms with Crippen LogP contribution in [-0.4, -0.2) is 28.1 Å². The Bertz CT molecular complexity index is 873. The van der Waals surface area contributed by atoms with Crippen molar-refractivity contribution in [2.45, 2.75) is 32.7 Å². The average Bonchev–Trinajstić information content (AvgIpc) is 3.35. The van der Waals surface area contributed by atoms with Gasteiger partial charge in [-0.3, -0.25) is 4.79 Å². The molecule has 0 radical (unpaired) electrons. The highest BCUT2D eigenvalue weighted by Gasteiger charge is 2.31. The molecule has 0 bridgehead atoms. The van der Waals surface area contributed by atoms with Gasteiger partial charge in [0.05, 0.1) is 17.3 Å². The summed E-state index contributed by atoms with van der Waals surface area (Å²) < 4.78 is 34.2. The van der Waals surface area contributed by atoms with Crippen LogP contribution in [0.3, 0.4) is 0 Å². The number of rotatable bonds is 5. The van der Waals surface area contributed by atoms with Gasteiger partial charge in [-0.05, 0) is 38.3 Å². The van der Waals surface area contributed by atoms with Crippen molar-refractivity contribution in [3.63, 3.8) is 0 Å². The number of ketones is 1. The highest BCUT2D eigenvalue weighted by atomic mass is 19.1. The molecule has 1 saturated carbocycles. The molecule has 1 aromatic carbocycles. The number of hydrogen-bond donors (Lipinski definition) is 1. The molecule has 8 heteroatoms. The normalized spacial score (nSPS) is 13.8. The summed E-state index contributed by atoms with van der Waals surface area (Å²) in [4.78, 5) is 24.3. The lowest BCUT2D eigenvalue weighted by Gasteiger charge is -2.08. The molecular weight excluding hydrogens is 332 g/mol. The molecule has 6 nitrogen and oxygen atoms in total. The van der Waals surface area contributed by atoms with Crippen molar-refractivity contribution in [3.8, 4) is 0 Å². The molecule has 1 fully saturated rings. The predicted molar refractivity (Wildman–Crippen MR) is 85.4 cm³/mol. The first-order chi connectivity index (χ1) is 11.8. The van der Waals surface area contributed by atoms with Crippen LogP contribution in [0.2, 0.25) is 0 Å². The Labute approximate surface area is 142 Å². The largest absolute Gasteiger partial charge is 0.454 e. The Hall–Kier alpha value is -2.77. The number of aryl methyl sites for hydroxylation is 2. The molecule has 0 amide bonds. The van der Waals surface area contributed by atoms with Crippen molar-refractivity contribution < 1.29 is 23.1 Å². The minimum absolute atomic E-state index is 0.0740. The molecule has 1 aliphatic carbocycles. The number of anilines is 1. The molecule has 132 valence electrons. The number of ether oxygens (including phenoxy) is 1. The number of nitrogen functional groups attached to an aromatic ring is 1. The zero-order valence-electron chi connectivity index (χ0n) is 13.8. The highest BCUT2D eigenvalue weighted by molar-refractivity contribution is 6.01. The van der Waals surface area contributed by atoms with E-state index in [1.807, 2.05) is 0 Å². The molecule has 0 unspecified atom stereocenters. The molecule has 0 aliphatic heterocycles. The van der Waals surface area contributed by atoms with Crippen molar-refractivity contribution in [2.24, 2.45) is 0 Å². The summed E-state index contributed by atoms with van der Waals surface area (Å²) in [5.41, 5.74) is 5.79. The van der Waals surface area contributed by atoms with E-state index in [4.69, 9.17) is 10.5 Å². The maximum absolute atomic E-state index is 14.0. The summed E-state index contributed by atoms with van der Waals surface area (Å²) in [6, 6.07) is 2.40. The third-order valence-electron chi connectivity index (χ3n) is 4.12. The molecule has 1 heterocycles. The number of halogens is 2. The third kappa shape index (κ3) is 3.11. The topological polar surface area (TPSA) is 87.2 Å².